The van der Waals surface area contributed by atoms with Crippen LogP contribution in [0, 0.1) is 0 Å². The lowest BCUT2D eigenvalue weighted by atomic mass is 9.99. The van der Waals surface area contributed by atoms with Gasteiger partial charge < -0.3 is 79.2 Å². The number of aliphatic hydroxyl groups is 6. The van der Waals surface area contributed by atoms with Crippen molar-refractivity contribution in [2.24, 2.45) is 0 Å². The van der Waals surface area contributed by atoms with E-state index in [1.54, 1.807) is 0 Å². The average molecular weight is 757 g/mol. The molecule has 0 radical (unpaired) electrons. The Hall–Kier alpha value is -5.44. The van der Waals surface area contributed by atoms with Crippen molar-refractivity contribution in [3.05, 3.63) is 76.5 Å². The second-order valence-corrected chi connectivity index (χ2v) is 12.6. The van der Waals surface area contributed by atoms with Crippen LogP contribution in [0.3, 0.4) is 0 Å². The molecule has 10 atom stereocenters. The Morgan fingerprint density at radius 2 is 1.41 bits per heavy atom. The molecule has 4 aromatic rings. The highest BCUT2D eigenvalue weighted by Gasteiger charge is 2.46. The minimum absolute atomic E-state index is 0.134. The van der Waals surface area contributed by atoms with Gasteiger partial charge in [-0.3, -0.25) is 4.79 Å². The van der Waals surface area contributed by atoms with Crippen LogP contribution in [0.15, 0.2) is 69.9 Å². The maximum atomic E-state index is 14.0. The fourth-order valence-corrected chi connectivity index (χ4v) is 5.77. The van der Waals surface area contributed by atoms with Crippen molar-refractivity contribution in [3.63, 3.8) is 0 Å². The molecule has 18 heteroatoms. The molecule has 10 N–H and O–H groups in total. The summed E-state index contributed by atoms with van der Waals surface area (Å²) in [5.74, 6) is -3.75. The Labute approximate surface area is 304 Å². The summed E-state index contributed by atoms with van der Waals surface area (Å²) in [6, 6.07) is 11.2. The van der Waals surface area contributed by atoms with Crippen LogP contribution < -0.4 is 14.9 Å². The van der Waals surface area contributed by atoms with Gasteiger partial charge in [0.2, 0.25) is 23.8 Å². The zero-order chi connectivity index (χ0) is 39.0. The van der Waals surface area contributed by atoms with Gasteiger partial charge in [-0.25, -0.2) is 4.79 Å². The lowest BCUT2D eigenvalue weighted by molar-refractivity contribution is -0.278. The molecule has 2 aliphatic heterocycles. The smallest absolute Gasteiger partial charge is 0.330 e. The lowest BCUT2D eigenvalue weighted by Crippen LogP contribution is -2.60. The Morgan fingerprint density at radius 1 is 0.741 bits per heavy atom. The largest absolute Gasteiger partial charge is 0.508 e. The van der Waals surface area contributed by atoms with Crippen LogP contribution in [0.4, 0.5) is 0 Å². The van der Waals surface area contributed by atoms with Crippen molar-refractivity contribution in [2.45, 2.75) is 68.3 Å². The first kappa shape index (κ1) is 38.3. The van der Waals surface area contributed by atoms with E-state index < -0.39 is 102 Å². The maximum absolute atomic E-state index is 14.0. The normalized spacial score (nSPS) is 28.6. The average Bonchev–Trinajstić information content (AvgIpc) is 3.14. The zero-order valence-corrected chi connectivity index (χ0v) is 28.1. The van der Waals surface area contributed by atoms with Crippen LogP contribution in [-0.2, 0) is 19.0 Å². The lowest BCUT2D eigenvalue weighted by Gasteiger charge is -2.39. The topological polar surface area (TPSA) is 296 Å². The van der Waals surface area contributed by atoms with E-state index in [4.69, 9.17) is 28.1 Å². The summed E-state index contributed by atoms with van der Waals surface area (Å²) in [5.41, 5.74) is -0.835. The Bertz CT molecular complexity index is 2080. The highest BCUT2D eigenvalue weighted by molar-refractivity contribution is 5.88. The van der Waals surface area contributed by atoms with Gasteiger partial charge in [0.15, 0.2) is 17.3 Å². The number of carbonyl (C=O) groups excluding carboxylic acids is 1. The highest BCUT2D eigenvalue weighted by atomic mass is 16.7. The molecule has 3 aromatic carbocycles. The van der Waals surface area contributed by atoms with E-state index >= 15 is 0 Å². The van der Waals surface area contributed by atoms with Crippen molar-refractivity contribution in [1.29, 1.82) is 0 Å². The van der Waals surface area contributed by atoms with E-state index in [1.807, 2.05) is 0 Å². The molecule has 0 amide bonds. The van der Waals surface area contributed by atoms with Crippen molar-refractivity contribution in [1.82, 2.24) is 0 Å². The number of rotatable bonds is 9. The maximum Gasteiger partial charge on any atom is 0.330 e. The zero-order valence-electron chi connectivity index (χ0n) is 28.1. The number of esters is 1. The number of fused-ring (bicyclic) bond motifs is 1. The summed E-state index contributed by atoms with van der Waals surface area (Å²) >= 11 is 0. The number of hydrogen-bond donors (Lipinski definition) is 10. The molecule has 2 fully saturated rings. The second kappa shape index (κ2) is 15.5. The number of ether oxygens (including phenoxy) is 5. The molecule has 3 heterocycles. The predicted octanol–water partition coefficient (Wildman–Crippen LogP) is -0.0683. The van der Waals surface area contributed by atoms with Gasteiger partial charge in [0.25, 0.3) is 0 Å². The third-order valence-electron chi connectivity index (χ3n) is 8.80. The standard InChI is InChI=1S/C36H36O18/c1-14-26(42)29(45)31(47)35(50-14)51-18-11-21(40)25-22(12-18)52-33(16-4-6-17(37)7-5-16)34(28(25)44)54-36-32(48)30(46)27(43)23(53-36)13-49-24(41)9-3-15-2-8-19(38)20(39)10-15/h2-12,14,23,26-27,29-32,35-40,42-43,45-48H,13H2,1H3/b9-3+/t14?,23?,26-,27+,29?,30?,31?,32?,35-,36-/m0/s1. The summed E-state index contributed by atoms with van der Waals surface area (Å²) in [7, 11) is 0. The second-order valence-electron chi connectivity index (χ2n) is 12.6. The summed E-state index contributed by atoms with van der Waals surface area (Å²) in [6.45, 7) is 0.760. The van der Waals surface area contributed by atoms with Crippen LogP contribution >= 0.6 is 0 Å². The summed E-state index contributed by atoms with van der Waals surface area (Å²) in [5, 5.41) is 102. The summed E-state index contributed by atoms with van der Waals surface area (Å²) < 4.78 is 33.7. The Morgan fingerprint density at radius 3 is 2.09 bits per heavy atom. The molecular weight excluding hydrogens is 720 g/mol. The number of hydrogen-bond acceptors (Lipinski definition) is 18. The van der Waals surface area contributed by atoms with E-state index in [0.29, 0.717) is 5.56 Å². The minimum atomic E-state index is -1.99. The van der Waals surface area contributed by atoms with Crippen LogP contribution in [0.5, 0.6) is 34.5 Å². The number of phenols is 4. The molecule has 2 saturated heterocycles. The van der Waals surface area contributed by atoms with Crippen molar-refractivity contribution in [2.75, 3.05) is 6.61 Å². The molecule has 18 nitrogen and oxygen atoms in total. The molecule has 6 rings (SSSR count). The summed E-state index contributed by atoms with van der Waals surface area (Å²) in [4.78, 5) is 26.4. The fraction of sp³-hybridized carbons (Fsp3) is 0.333. The molecule has 0 spiro atoms. The van der Waals surface area contributed by atoms with Gasteiger partial charge in [-0.1, -0.05) is 6.07 Å². The monoisotopic (exact) mass is 756 g/mol. The number of aliphatic hydroxyl groups excluding tert-OH is 6. The molecule has 2 aliphatic rings. The van der Waals surface area contributed by atoms with Crippen LogP contribution in [0.25, 0.3) is 28.4 Å². The van der Waals surface area contributed by atoms with Crippen LogP contribution in [0.1, 0.15) is 12.5 Å². The summed E-state index contributed by atoms with van der Waals surface area (Å²) in [6.07, 6.45) is -14.1. The van der Waals surface area contributed by atoms with Crippen molar-refractivity contribution in [3.8, 4) is 45.8 Å². The van der Waals surface area contributed by atoms with Gasteiger partial charge in [-0.2, -0.15) is 0 Å². The molecule has 6 unspecified atom stereocenters. The molecule has 54 heavy (non-hydrogen) atoms. The fourth-order valence-electron chi connectivity index (χ4n) is 5.77. The quantitative estimate of drug-likeness (QED) is 0.0607. The molecule has 1 aromatic heterocycles. The SMILES string of the molecule is CC1O[C@@H](Oc2cc(O)c3c(=O)c(O[C@@H]4OC(COC(=O)/C=C/c5ccc(O)c(O)c5)[C@@H](O)C(O)C4O)c(-c4ccc(O)cc4)oc3c2)C(O)C(O)[C@H]1O. The molecule has 0 aliphatic carbocycles. The molecular formula is C36H36O18. The number of carbonyl (C=O) groups is 1. The number of benzene rings is 3. The van der Waals surface area contributed by atoms with Gasteiger partial charge in [0, 0.05) is 23.8 Å². The first-order valence-corrected chi connectivity index (χ1v) is 16.4. The Balaban J connectivity index is 1.28. The van der Waals surface area contributed by atoms with E-state index in [-0.39, 0.29) is 34.2 Å². The minimum Gasteiger partial charge on any atom is -0.508 e. The van der Waals surface area contributed by atoms with Crippen LogP contribution in [0.2, 0.25) is 0 Å². The first-order chi connectivity index (χ1) is 25.6. The van der Waals surface area contributed by atoms with Gasteiger partial charge in [0.1, 0.15) is 77.6 Å². The van der Waals surface area contributed by atoms with Gasteiger partial charge in [-0.15, -0.1) is 0 Å². The number of aromatic hydroxyl groups is 4. The third-order valence-corrected chi connectivity index (χ3v) is 8.80. The van der Waals surface area contributed by atoms with E-state index in [9.17, 15) is 60.7 Å². The van der Waals surface area contributed by atoms with Crippen molar-refractivity contribution < 1.29 is 84.0 Å². The van der Waals surface area contributed by atoms with Gasteiger partial charge in [0.05, 0.1) is 6.10 Å². The predicted molar refractivity (Wildman–Crippen MR) is 181 cm³/mol. The first-order valence-electron chi connectivity index (χ1n) is 16.4. The van der Waals surface area contributed by atoms with Gasteiger partial charge >= 0.3 is 5.97 Å². The highest BCUT2D eigenvalue weighted by Crippen LogP contribution is 2.38. The Kier molecular flexibility index (Phi) is 11.0. The number of phenolic OH excluding ortho intramolecular Hbond substituents is 4. The molecule has 0 bridgehead atoms. The molecule has 0 saturated carbocycles. The van der Waals surface area contributed by atoms with Crippen LogP contribution in [-0.4, -0.2) is 125 Å². The molecule has 288 valence electrons. The van der Waals surface area contributed by atoms with Crippen molar-refractivity contribution >= 4 is 23.0 Å². The third kappa shape index (κ3) is 7.77. The van der Waals surface area contributed by atoms with E-state index in [0.717, 1.165) is 18.2 Å². The van der Waals surface area contributed by atoms with E-state index in [1.165, 1.54) is 55.5 Å². The van der Waals surface area contributed by atoms with Gasteiger partial charge in [-0.05, 0) is 55.0 Å². The van der Waals surface area contributed by atoms with E-state index in [2.05, 4.69) is 0 Å².